The highest BCUT2D eigenvalue weighted by molar-refractivity contribution is 5.89. The van der Waals surface area contributed by atoms with Gasteiger partial charge in [0.1, 0.15) is 12.4 Å². The van der Waals surface area contributed by atoms with Crippen molar-refractivity contribution in [1.82, 2.24) is 14.5 Å². The van der Waals surface area contributed by atoms with E-state index in [-0.39, 0.29) is 24.4 Å². The lowest BCUT2D eigenvalue weighted by atomic mass is 10.1. The Labute approximate surface area is 166 Å². The lowest BCUT2D eigenvalue weighted by Gasteiger charge is -2.38. The summed E-state index contributed by atoms with van der Waals surface area (Å²) in [5.41, 5.74) is -0.00390. The van der Waals surface area contributed by atoms with Crippen molar-refractivity contribution >= 4 is 11.7 Å². The fraction of sp³-hybridized carbons (Fsp3) is 0.400. The Balaban J connectivity index is 1.50. The molecule has 1 fully saturated rings. The average Bonchev–Trinajstić information content (AvgIpc) is 3.06. The molecule has 0 aliphatic carbocycles. The summed E-state index contributed by atoms with van der Waals surface area (Å²) in [5, 5.41) is 0. The van der Waals surface area contributed by atoms with Gasteiger partial charge in [-0.3, -0.25) is 9.36 Å². The number of nitrogens with zero attached hydrogens (tertiary/aromatic N) is 4. The number of rotatable bonds is 4. The fourth-order valence-corrected chi connectivity index (χ4v) is 3.77. The molecule has 2 aromatic rings. The van der Waals surface area contributed by atoms with Gasteiger partial charge < -0.3 is 14.5 Å². The Hall–Kier alpha value is -2.97. The molecular formula is C20H21F2N4O3. The number of aromatic nitrogens is 2. The predicted octanol–water partition coefficient (Wildman–Crippen LogP) is 1.75. The van der Waals surface area contributed by atoms with Gasteiger partial charge in [0.25, 0.3) is 0 Å². The summed E-state index contributed by atoms with van der Waals surface area (Å²) in [6.45, 7) is 5.72. The van der Waals surface area contributed by atoms with E-state index in [1.54, 1.807) is 29.4 Å². The van der Waals surface area contributed by atoms with Crippen LogP contribution >= 0.6 is 0 Å². The van der Waals surface area contributed by atoms with Gasteiger partial charge in [-0.05, 0) is 31.5 Å². The lowest BCUT2D eigenvalue weighted by Crippen LogP contribution is -2.54. The highest BCUT2D eigenvalue weighted by Gasteiger charge is 2.37. The van der Waals surface area contributed by atoms with E-state index in [9.17, 15) is 18.4 Å². The molecule has 153 valence electrons. The number of amides is 1. The van der Waals surface area contributed by atoms with Crippen LogP contribution in [0, 0.1) is 17.6 Å². The first kappa shape index (κ1) is 19.4. The molecule has 1 radical (unpaired) electrons. The first-order valence-electron chi connectivity index (χ1n) is 9.38. The molecule has 29 heavy (non-hydrogen) atoms. The molecule has 9 heteroatoms. The zero-order valence-corrected chi connectivity index (χ0v) is 16.2. The minimum Gasteiger partial charge on any atom is -0.473 e. The number of halogens is 2. The molecule has 1 atom stereocenters. The van der Waals surface area contributed by atoms with Crippen molar-refractivity contribution in [3.05, 3.63) is 57.9 Å². The smallest absolute Gasteiger partial charge is 0.352 e. The van der Waals surface area contributed by atoms with Crippen LogP contribution < -0.4 is 15.3 Å². The third-order valence-electron chi connectivity index (χ3n) is 5.22. The number of hydrogen-bond donors (Lipinski definition) is 0. The summed E-state index contributed by atoms with van der Waals surface area (Å²) in [6.07, 6.45) is 0. The SMILES string of the molecule is C[C](C)C(=O)N1CCN2c3cc(OCc4ccc(F)c(F)c4)nc(=O)n3CC2C1. The van der Waals surface area contributed by atoms with Crippen LogP contribution in [0.4, 0.5) is 14.6 Å². The van der Waals surface area contributed by atoms with Gasteiger partial charge in [-0.1, -0.05) is 6.07 Å². The quantitative estimate of drug-likeness (QED) is 0.778. The first-order chi connectivity index (χ1) is 13.8. The number of hydrogen-bond acceptors (Lipinski definition) is 5. The highest BCUT2D eigenvalue weighted by Crippen LogP contribution is 2.29. The number of benzene rings is 1. The van der Waals surface area contributed by atoms with E-state index in [4.69, 9.17) is 4.74 Å². The molecule has 2 aliphatic heterocycles. The van der Waals surface area contributed by atoms with Crippen LogP contribution in [0.5, 0.6) is 5.88 Å². The van der Waals surface area contributed by atoms with E-state index < -0.39 is 17.3 Å². The van der Waals surface area contributed by atoms with Crippen molar-refractivity contribution in [2.24, 2.45) is 0 Å². The molecule has 0 N–H and O–H groups in total. The number of anilines is 1. The third-order valence-corrected chi connectivity index (χ3v) is 5.22. The van der Waals surface area contributed by atoms with Crippen molar-refractivity contribution in [2.75, 3.05) is 24.5 Å². The Morgan fingerprint density at radius 2 is 1.97 bits per heavy atom. The summed E-state index contributed by atoms with van der Waals surface area (Å²) in [6, 6.07) is 5.17. The predicted molar refractivity (Wildman–Crippen MR) is 101 cm³/mol. The molecule has 2 aliphatic rings. The number of piperazine rings is 1. The van der Waals surface area contributed by atoms with Gasteiger partial charge in [0.05, 0.1) is 18.5 Å². The molecule has 3 heterocycles. The van der Waals surface area contributed by atoms with Gasteiger partial charge in [-0.15, -0.1) is 0 Å². The topological polar surface area (TPSA) is 67.7 Å². The maximum atomic E-state index is 13.3. The molecule has 7 nitrogen and oxygen atoms in total. The fourth-order valence-electron chi connectivity index (χ4n) is 3.77. The molecule has 1 amide bonds. The molecule has 1 aromatic heterocycles. The van der Waals surface area contributed by atoms with Crippen molar-refractivity contribution in [2.45, 2.75) is 33.0 Å². The second-order valence-corrected chi connectivity index (χ2v) is 7.48. The Bertz CT molecular complexity index is 1010. The van der Waals surface area contributed by atoms with E-state index >= 15 is 0 Å². The largest absolute Gasteiger partial charge is 0.473 e. The van der Waals surface area contributed by atoms with Crippen LogP contribution in [0.3, 0.4) is 0 Å². The third kappa shape index (κ3) is 3.68. The Morgan fingerprint density at radius 1 is 1.17 bits per heavy atom. The van der Waals surface area contributed by atoms with Crippen LogP contribution in [0.2, 0.25) is 0 Å². The van der Waals surface area contributed by atoms with E-state index in [0.717, 1.165) is 18.1 Å². The van der Waals surface area contributed by atoms with Crippen molar-refractivity contribution < 1.29 is 18.3 Å². The Kier molecular flexibility index (Phi) is 4.97. The Morgan fingerprint density at radius 3 is 2.69 bits per heavy atom. The minimum absolute atomic E-state index is 0.00277. The second-order valence-electron chi connectivity index (χ2n) is 7.48. The van der Waals surface area contributed by atoms with Gasteiger partial charge >= 0.3 is 5.69 Å². The summed E-state index contributed by atoms with van der Waals surface area (Å²) >= 11 is 0. The van der Waals surface area contributed by atoms with Crippen LogP contribution in [-0.4, -0.2) is 46.0 Å². The summed E-state index contributed by atoms with van der Waals surface area (Å²) in [7, 11) is 0. The lowest BCUT2D eigenvalue weighted by molar-refractivity contribution is -0.129. The van der Waals surface area contributed by atoms with Gasteiger partial charge in [-0.25, -0.2) is 13.6 Å². The average molecular weight is 403 g/mol. The maximum absolute atomic E-state index is 13.3. The van der Waals surface area contributed by atoms with Gasteiger partial charge in [0, 0.05) is 25.7 Å². The molecular weight excluding hydrogens is 382 g/mol. The zero-order chi connectivity index (χ0) is 20.7. The van der Waals surface area contributed by atoms with Crippen LogP contribution in [0.25, 0.3) is 0 Å². The molecule has 0 bridgehead atoms. The molecule has 4 rings (SSSR count). The summed E-state index contributed by atoms with van der Waals surface area (Å²) in [4.78, 5) is 32.6. The van der Waals surface area contributed by atoms with Gasteiger partial charge in [0.2, 0.25) is 11.8 Å². The summed E-state index contributed by atoms with van der Waals surface area (Å²) < 4.78 is 33.5. The number of fused-ring (bicyclic) bond motifs is 3. The number of ether oxygens (including phenoxy) is 1. The number of carbonyl (C=O) groups excluding carboxylic acids is 1. The number of carbonyl (C=O) groups is 1. The van der Waals surface area contributed by atoms with E-state index in [0.29, 0.717) is 37.6 Å². The van der Waals surface area contributed by atoms with Crippen LogP contribution in [-0.2, 0) is 17.9 Å². The monoisotopic (exact) mass is 403 g/mol. The minimum atomic E-state index is -0.956. The summed E-state index contributed by atoms with van der Waals surface area (Å²) in [5.74, 6) is -0.296. The van der Waals surface area contributed by atoms with Crippen molar-refractivity contribution in [1.29, 1.82) is 0 Å². The highest BCUT2D eigenvalue weighted by atomic mass is 19.2. The zero-order valence-electron chi connectivity index (χ0n) is 16.2. The van der Waals surface area contributed by atoms with Crippen LogP contribution in [0.15, 0.2) is 29.1 Å². The van der Waals surface area contributed by atoms with E-state index in [2.05, 4.69) is 9.88 Å². The van der Waals surface area contributed by atoms with Crippen molar-refractivity contribution in [3.8, 4) is 5.88 Å². The van der Waals surface area contributed by atoms with Gasteiger partial charge in [-0.2, -0.15) is 4.98 Å². The van der Waals surface area contributed by atoms with Crippen molar-refractivity contribution in [3.63, 3.8) is 0 Å². The molecule has 1 aromatic carbocycles. The van der Waals surface area contributed by atoms with Crippen LogP contribution in [0.1, 0.15) is 19.4 Å². The van der Waals surface area contributed by atoms with E-state index in [1.165, 1.54) is 6.07 Å². The first-order valence-corrected chi connectivity index (χ1v) is 9.38. The molecule has 1 unspecified atom stereocenters. The normalized spacial score (nSPS) is 18.0. The standard InChI is InChI=1S/C20H21F2N4O3/c1-12(2)19(27)24-5-6-25-14(9-24)10-26-18(25)8-17(23-20(26)28)29-11-13-3-4-15(21)16(22)7-13/h3-4,7-8,14H,5-6,9-11H2,1-2H3. The molecule has 1 saturated heterocycles. The second kappa shape index (κ2) is 7.46. The van der Waals surface area contributed by atoms with E-state index in [1.807, 2.05) is 0 Å². The molecule has 0 saturated carbocycles. The van der Waals surface area contributed by atoms with Gasteiger partial charge in [0.15, 0.2) is 11.6 Å². The molecule has 0 spiro atoms. The maximum Gasteiger partial charge on any atom is 0.352 e.